The predicted molar refractivity (Wildman–Crippen MR) is 114 cm³/mol. The Hall–Kier alpha value is -2.40. The molecule has 1 aromatic heterocycles. The van der Waals surface area contributed by atoms with Crippen molar-refractivity contribution in [1.29, 1.82) is 0 Å². The number of aryl methyl sites for hydroxylation is 1. The average Bonchev–Trinajstić information content (AvgIpc) is 3.11. The smallest absolute Gasteiger partial charge is 0.408 e. The summed E-state index contributed by atoms with van der Waals surface area (Å²) >= 11 is 0. The predicted octanol–water partition coefficient (Wildman–Crippen LogP) is 5.15. The molecule has 1 aliphatic rings. The minimum atomic E-state index is -0.398. The molecule has 1 aliphatic carbocycles. The third kappa shape index (κ3) is 5.36. The SMILES string of the molecule is O=c1[nH]c2ccc(CCCNCCC3CCC(c4ccc(F)cc4)CC3)cc2o1. The Balaban J connectivity index is 1.11. The summed E-state index contributed by atoms with van der Waals surface area (Å²) in [4.78, 5) is 13.9. The first-order chi connectivity index (χ1) is 14.2. The van der Waals surface area contributed by atoms with E-state index in [4.69, 9.17) is 4.42 Å². The van der Waals surface area contributed by atoms with Gasteiger partial charge in [0, 0.05) is 0 Å². The van der Waals surface area contributed by atoms with Gasteiger partial charge in [0.25, 0.3) is 0 Å². The van der Waals surface area contributed by atoms with Crippen LogP contribution in [-0.2, 0) is 6.42 Å². The number of benzene rings is 2. The first-order valence-corrected chi connectivity index (χ1v) is 10.8. The van der Waals surface area contributed by atoms with Crippen molar-refractivity contribution in [2.75, 3.05) is 13.1 Å². The number of rotatable bonds is 8. The van der Waals surface area contributed by atoms with Crippen LogP contribution in [0.3, 0.4) is 0 Å². The molecule has 3 aromatic rings. The quantitative estimate of drug-likeness (QED) is 0.518. The second-order valence-corrected chi connectivity index (χ2v) is 8.26. The number of halogens is 1. The number of hydrogen-bond donors (Lipinski definition) is 2. The zero-order chi connectivity index (χ0) is 20.1. The van der Waals surface area contributed by atoms with E-state index in [1.165, 1.54) is 43.2 Å². The molecule has 0 saturated heterocycles. The number of nitrogens with one attached hydrogen (secondary N) is 2. The second kappa shape index (κ2) is 9.40. The molecule has 5 heteroatoms. The highest BCUT2D eigenvalue weighted by Crippen LogP contribution is 2.36. The van der Waals surface area contributed by atoms with Gasteiger partial charge in [-0.15, -0.1) is 0 Å². The van der Waals surface area contributed by atoms with Gasteiger partial charge in [-0.05, 0) is 105 Å². The highest BCUT2D eigenvalue weighted by Gasteiger charge is 2.22. The second-order valence-electron chi connectivity index (χ2n) is 8.26. The van der Waals surface area contributed by atoms with Crippen molar-refractivity contribution in [2.45, 2.75) is 50.9 Å². The van der Waals surface area contributed by atoms with Gasteiger partial charge in [-0.2, -0.15) is 0 Å². The molecule has 2 aromatic carbocycles. The summed E-state index contributed by atoms with van der Waals surface area (Å²) in [6, 6.07) is 13.0. The molecular formula is C24H29FN2O2. The molecule has 4 nitrogen and oxygen atoms in total. The van der Waals surface area contributed by atoms with Crippen molar-refractivity contribution in [3.8, 4) is 0 Å². The molecule has 4 rings (SSSR count). The first-order valence-electron chi connectivity index (χ1n) is 10.8. The fourth-order valence-electron chi connectivity index (χ4n) is 4.51. The highest BCUT2D eigenvalue weighted by atomic mass is 19.1. The lowest BCUT2D eigenvalue weighted by Gasteiger charge is -2.29. The average molecular weight is 397 g/mol. The number of aromatic amines is 1. The molecule has 1 saturated carbocycles. The van der Waals surface area contributed by atoms with Gasteiger partial charge in [0.05, 0.1) is 5.52 Å². The van der Waals surface area contributed by atoms with Crippen LogP contribution in [0, 0.1) is 11.7 Å². The van der Waals surface area contributed by atoms with E-state index in [1.54, 1.807) is 12.1 Å². The lowest BCUT2D eigenvalue weighted by Crippen LogP contribution is -2.22. The Labute approximate surface area is 170 Å². The zero-order valence-corrected chi connectivity index (χ0v) is 16.8. The van der Waals surface area contributed by atoms with Gasteiger partial charge in [-0.25, -0.2) is 9.18 Å². The minimum Gasteiger partial charge on any atom is -0.408 e. The van der Waals surface area contributed by atoms with Crippen LogP contribution in [0.2, 0.25) is 0 Å². The van der Waals surface area contributed by atoms with E-state index in [9.17, 15) is 9.18 Å². The van der Waals surface area contributed by atoms with Gasteiger partial charge in [0.1, 0.15) is 5.82 Å². The van der Waals surface area contributed by atoms with Crippen LogP contribution in [0.1, 0.15) is 55.6 Å². The number of fused-ring (bicyclic) bond motifs is 1. The number of oxazole rings is 1. The maximum atomic E-state index is 13.1. The largest absolute Gasteiger partial charge is 0.417 e. The van der Waals surface area contributed by atoms with Crippen LogP contribution in [0.15, 0.2) is 51.7 Å². The standard InChI is InChI=1S/C24H29FN2O2/c25-21-10-8-20(9-11-21)19-6-3-17(4-7-19)13-15-26-14-1-2-18-5-12-22-23(16-18)29-24(28)27-22/h5,8-12,16-17,19,26H,1-4,6-7,13-15H2,(H,27,28). The van der Waals surface area contributed by atoms with Crippen LogP contribution in [0.4, 0.5) is 4.39 Å². The maximum Gasteiger partial charge on any atom is 0.417 e. The summed E-state index contributed by atoms with van der Waals surface area (Å²) in [5.41, 5.74) is 3.88. The highest BCUT2D eigenvalue weighted by molar-refractivity contribution is 5.72. The molecule has 1 heterocycles. The molecule has 0 spiro atoms. The van der Waals surface area contributed by atoms with Gasteiger partial charge in [-0.3, -0.25) is 4.98 Å². The molecule has 1 fully saturated rings. The normalized spacial score (nSPS) is 19.6. The van der Waals surface area contributed by atoms with Crippen LogP contribution in [-0.4, -0.2) is 18.1 Å². The molecule has 0 aliphatic heterocycles. The van der Waals surface area contributed by atoms with Crippen LogP contribution >= 0.6 is 0 Å². The van der Waals surface area contributed by atoms with Gasteiger partial charge in [0.15, 0.2) is 5.58 Å². The summed E-state index contributed by atoms with van der Waals surface area (Å²) in [7, 11) is 0. The zero-order valence-electron chi connectivity index (χ0n) is 16.8. The van der Waals surface area contributed by atoms with E-state index in [0.29, 0.717) is 11.5 Å². The number of aromatic nitrogens is 1. The number of hydrogen-bond acceptors (Lipinski definition) is 3. The van der Waals surface area contributed by atoms with Gasteiger partial charge in [-0.1, -0.05) is 18.2 Å². The van der Waals surface area contributed by atoms with E-state index >= 15 is 0 Å². The Morgan fingerprint density at radius 1 is 1.03 bits per heavy atom. The van der Waals surface area contributed by atoms with Crippen LogP contribution in [0.25, 0.3) is 11.1 Å². The summed E-state index contributed by atoms with van der Waals surface area (Å²) < 4.78 is 18.2. The Kier molecular flexibility index (Phi) is 6.45. The van der Waals surface area contributed by atoms with E-state index in [2.05, 4.69) is 10.3 Å². The summed E-state index contributed by atoms with van der Waals surface area (Å²) in [6.45, 7) is 2.07. The van der Waals surface area contributed by atoms with Crippen molar-refractivity contribution in [3.63, 3.8) is 0 Å². The fourth-order valence-corrected chi connectivity index (χ4v) is 4.51. The van der Waals surface area contributed by atoms with Crippen molar-refractivity contribution < 1.29 is 8.81 Å². The first kappa shape index (κ1) is 19.9. The van der Waals surface area contributed by atoms with Crippen molar-refractivity contribution in [1.82, 2.24) is 10.3 Å². The van der Waals surface area contributed by atoms with Gasteiger partial charge >= 0.3 is 5.76 Å². The number of H-pyrrole nitrogens is 1. The molecule has 0 unspecified atom stereocenters. The van der Waals surface area contributed by atoms with Crippen molar-refractivity contribution >= 4 is 11.1 Å². The molecule has 2 N–H and O–H groups in total. The van der Waals surface area contributed by atoms with Crippen molar-refractivity contribution in [3.05, 3.63) is 70.0 Å². The van der Waals surface area contributed by atoms with Gasteiger partial charge < -0.3 is 9.73 Å². The fraction of sp³-hybridized carbons (Fsp3) is 0.458. The van der Waals surface area contributed by atoms with E-state index in [-0.39, 0.29) is 5.82 Å². The van der Waals surface area contributed by atoms with E-state index in [1.807, 2.05) is 30.3 Å². The molecule has 0 atom stereocenters. The molecule has 0 radical (unpaired) electrons. The Morgan fingerprint density at radius 2 is 1.83 bits per heavy atom. The van der Waals surface area contributed by atoms with Gasteiger partial charge in [0.2, 0.25) is 0 Å². The molecule has 29 heavy (non-hydrogen) atoms. The Morgan fingerprint density at radius 3 is 2.62 bits per heavy atom. The monoisotopic (exact) mass is 396 g/mol. The minimum absolute atomic E-state index is 0.148. The third-order valence-corrected chi connectivity index (χ3v) is 6.22. The third-order valence-electron chi connectivity index (χ3n) is 6.22. The Bertz CT molecular complexity index is 968. The summed E-state index contributed by atoms with van der Waals surface area (Å²) in [5.74, 6) is 0.857. The topological polar surface area (TPSA) is 58.0 Å². The van der Waals surface area contributed by atoms with Crippen LogP contribution < -0.4 is 11.1 Å². The molecule has 0 amide bonds. The van der Waals surface area contributed by atoms with E-state index in [0.717, 1.165) is 37.4 Å². The lowest BCUT2D eigenvalue weighted by atomic mass is 9.77. The lowest BCUT2D eigenvalue weighted by molar-refractivity contribution is 0.306. The van der Waals surface area contributed by atoms with Crippen molar-refractivity contribution in [2.24, 2.45) is 5.92 Å². The maximum absolute atomic E-state index is 13.1. The molecule has 0 bridgehead atoms. The summed E-state index contributed by atoms with van der Waals surface area (Å²) in [5, 5.41) is 3.57. The van der Waals surface area contributed by atoms with Crippen LogP contribution in [0.5, 0.6) is 0 Å². The molecule has 154 valence electrons. The molecular weight excluding hydrogens is 367 g/mol. The van der Waals surface area contributed by atoms with E-state index < -0.39 is 5.76 Å². The summed E-state index contributed by atoms with van der Waals surface area (Å²) in [6.07, 6.45) is 8.24.